The summed E-state index contributed by atoms with van der Waals surface area (Å²) in [6.45, 7) is 18.7. The molecular formula is C28H44N2O5. The predicted molar refractivity (Wildman–Crippen MR) is 139 cm³/mol. The Morgan fingerprint density at radius 2 is 1.43 bits per heavy atom. The maximum Gasteiger partial charge on any atom is 0.337 e. The number of amides is 1. The number of hydrogen-bond acceptors (Lipinski definition) is 6. The monoisotopic (exact) mass is 488 g/mol. The first-order valence-electron chi connectivity index (χ1n) is 12.5. The Hall–Kier alpha value is -2.83. The lowest BCUT2D eigenvalue weighted by Crippen LogP contribution is -2.51. The molecule has 1 rings (SSSR count). The first-order chi connectivity index (χ1) is 16.3. The fourth-order valence-corrected chi connectivity index (χ4v) is 4.56. The number of carbonyl (C=O) groups is 3. The molecule has 0 spiro atoms. The van der Waals surface area contributed by atoms with Gasteiger partial charge >= 0.3 is 11.9 Å². The average Bonchev–Trinajstić information content (AvgIpc) is 2.74. The lowest BCUT2D eigenvalue weighted by Gasteiger charge is -2.35. The number of ether oxygens (including phenoxy) is 2. The zero-order valence-corrected chi connectivity index (χ0v) is 23.0. The number of nitrogens with zero attached hydrogens (tertiary/aromatic N) is 1. The third kappa shape index (κ3) is 9.04. The van der Waals surface area contributed by atoms with Crippen LogP contribution in [0.25, 0.3) is 5.70 Å². The average molecular weight is 489 g/mol. The summed E-state index contributed by atoms with van der Waals surface area (Å²) in [5.41, 5.74) is 0.518. The van der Waals surface area contributed by atoms with Gasteiger partial charge in [-0.3, -0.25) is 9.59 Å². The number of hydrogen-bond donors (Lipinski definition) is 1. The van der Waals surface area contributed by atoms with Gasteiger partial charge in [0.2, 0.25) is 5.91 Å². The second kappa shape index (κ2) is 13.3. The van der Waals surface area contributed by atoms with Crippen LogP contribution in [0.15, 0.2) is 35.9 Å². The molecule has 0 aliphatic heterocycles. The van der Waals surface area contributed by atoms with Gasteiger partial charge in [0.15, 0.2) is 5.92 Å². The molecule has 0 fully saturated rings. The van der Waals surface area contributed by atoms with Crippen molar-refractivity contribution in [1.82, 2.24) is 10.2 Å². The van der Waals surface area contributed by atoms with Crippen LogP contribution in [-0.4, -0.2) is 54.6 Å². The maximum absolute atomic E-state index is 13.8. The predicted octanol–water partition coefficient (Wildman–Crippen LogP) is 4.81. The highest BCUT2D eigenvalue weighted by molar-refractivity contribution is 6.12. The Bertz CT molecular complexity index is 880. The van der Waals surface area contributed by atoms with Crippen molar-refractivity contribution in [3.63, 3.8) is 0 Å². The summed E-state index contributed by atoms with van der Waals surface area (Å²) in [4.78, 5) is 42.5. The van der Waals surface area contributed by atoms with Crippen LogP contribution in [0.4, 0.5) is 0 Å². The van der Waals surface area contributed by atoms with Crippen molar-refractivity contribution >= 4 is 23.5 Å². The highest BCUT2D eigenvalue weighted by Crippen LogP contribution is 2.32. The van der Waals surface area contributed by atoms with Crippen molar-refractivity contribution in [2.45, 2.75) is 74.3 Å². The molecule has 0 aliphatic carbocycles. The number of benzene rings is 1. The van der Waals surface area contributed by atoms with E-state index in [2.05, 4.69) is 26.1 Å². The third-order valence-electron chi connectivity index (χ3n) is 5.38. The lowest BCUT2D eigenvalue weighted by atomic mass is 9.81. The van der Waals surface area contributed by atoms with Gasteiger partial charge in [0.25, 0.3) is 0 Å². The fraction of sp³-hybridized carbons (Fsp3) is 0.607. The van der Waals surface area contributed by atoms with E-state index in [1.54, 1.807) is 13.8 Å². The summed E-state index contributed by atoms with van der Waals surface area (Å²) in [6, 6.07) is 9.30. The highest BCUT2D eigenvalue weighted by Gasteiger charge is 2.42. The first-order valence-corrected chi connectivity index (χ1v) is 12.5. The molecule has 196 valence electrons. The van der Waals surface area contributed by atoms with Crippen LogP contribution >= 0.6 is 0 Å². The Morgan fingerprint density at radius 3 is 1.89 bits per heavy atom. The van der Waals surface area contributed by atoms with Crippen molar-refractivity contribution in [2.75, 3.05) is 26.3 Å². The zero-order chi connectivity index (χ0) is 26.8. The second-order valence-electron chi connectivity index (χ2n) is 10.3. The van der Waals surface area contributed by atoms with E-state index in [9.17, 15) is 14.4 Å². The summed E-state index contributed by atoms with van der Waals surface area (Å²) in [5.74, 6) is -3.55. The van der Waals surface area contributed by atoms with Crippen LogP contribution in [0.1, 0.15) is 74.3 Å². The Morgan fingerprint density at radius 1 is 0.886 bits per heavy atom. The van der Waals surface area contributed by atoms with Gasteiger partial charge in [0.05, 0.1) is 24.5 Å². The van der Waals surface area contributed by atoms with Gasteiger partial charge < -0.3 is 19.7 Å². The molecule has 1 aromatic rings. The molecule has 0 saturated carbocycles. The molecule has 7 nitrogen and oxygen atoms in total. The minimum Gasteiger partial charge on any atom is -0.465 e. The third-order valence-corrected chi connectivity index (χ3v) is 5.38. The van der Waals surface area contributed by atoms with Crippen LogP contribution < -0.4 is 5.32 Å². The van der Waals surface area contributed by atoms with E-state index in [1.165, 1.54) is 0 Å². The molecular weight excluding hydrogens is 444 g/mol. The molecule has 1 amide bonds. The summed E-state index contributed by atoms with van der Waals surface area (Å²) < 4.78 is 10.7. The van der Waals surface area contributed by atoms with Crippen LogP contribution in [0.5, 0.6) is 0 Å². The summed E-state index contributed by atoms with van der Waals surface area (Å²) in [5, 5.41) is 3.01. The van der Waals surface area contributed by atoms with Crippen LogP contribution in [0.3, 0.4) is 0 Å². The van der Waals surface area contributed by atoms with Crippen molar-refractivity contribution in [3.8, 4) is 0 Å². The van der Waals surface area contributed by atoms with Crippen LogP contribution in [0, 0.1) is 11.3 Å². The minimum atomic E-state index is -1.48. The standard InChI is InChI=1S/C28H44N2O5/c1-10-30(11-2)23(20-17-15-14-16-18-20)21(25(32)34-12-3)22(26(33)35-13-4)24(31)29-28(8,9)19-27(5,6)7/h14-18,22H,10-13,19H2,1-9H3,(H,29,31)/b23-21-. The van der Waals surface area contributed by atoms with Gasteiger partial charge in [-0.15, -0.1) is 0 Å². The van der Waals surface area contributed by atoms with E-state index >= 15 is 0 Å². The molecule has 1 N–H and O–H groups in total. The molecule has 0 heterocycles. The Labute approximate surface area is 211 Å². The van der Waals surface area contributed by atoms with Gasteiger partial charge in [0.1, 0.15) is 0 Å². The van der Waals surface area contributed by atoms with Crippen molar-refractivity contribution in [2.24, 2.45) is 11.3 Å². The largest absolute Gasteiger partial charge is 0.465 e. The quantitative estimate of drug-likeness (QED) is 0.258. The van der Waals surface area contributed by atoms with Gasteiger partial charge in [-0.05, 0) is 58.9 Å². The van der Waals surface area contributed by atoms with E-state index in [0.717, 1.165) is 5.56 Å². The molecule has 0 aliphatic rings. The first kappa shape index (κ1) is 30.2. The topological polar surface area (TPSA) is 84.9 Å². The molecule has 1 atom stereocenters. The van der Waals surface area contributed by atoms with Crippen molar-refractivity contribution < 1.29 is 23.9 Å². The summed E-state index contributed by atoms with van der Waals surface area (Å²) >= 11 is 0. The zero-order valence-electron chi connectivity index (χ0n) is 23.0. The van der Waals surface area contributed by atoms with Gasteiger partial charge in [-0.1, -0.05) is 51.1 Å². The van der Waals surface area contributed by atoms with E-state index < -0.39 is 29.3 Å². The molecule has 0 radical (unpaired) electrons. The molecule has 1 unspecified atom stereocenters. The van der Waals surface area contributed by atoms with E-state index in [4.69, 9.17) is 9.47 Å². The second-order valence-corrected chi connectivity index (χ2v) is 10.3. The number of carbonyl (C=O) groups excluding carboxylic acids is 3. The SMILES string of the molecule is CCOC(=O)/C(=C(/c1ccccc1)N(CC)CC)C(C(=O)NC(C)(C)CC(C)(C)C)C(=O)OCC. The highest BCUT2D eigenvalue weighted by atomic mass is 16.5. The molecule has 1 aromatic carbocycles. The number of nitrogens with one attached hydrogen (secondary N) is 1. The Balaban J connectivity index is 3.87. The summed E-state index contributed by atoms with van der Waals surface area (Å²) in [7, 11) is 0. The molecule has 0 aromatic heterocycles. The van der Waals surface area contributed by atoms with Crippen LogP contribution in [-0.2, 0) is 23.9 Å². The van der Waals surface area contributed by atoms with Crippen molar-refractivity contribution in [1.29, 1.82) is 0 Å². The van der Waals surface area contributed by atoms with Gasteiger partial charge in [-0.25, -0.2) is 4.79 Å². The molecule has 35 heavy (non-hydrogen) atoms. The smallest absolute Gasteiger partial charge is 0.337 e. The summed E-state index contributed by atoms with van der Waals surface area (Å²) in [6.07, 6.45) is 0.668. The number of rotatable bonds is 12. The Kier molecular flexibility index (Phi) is 11.5. The van der Waals surface area contributed by atoms with Gasteiger partial charge in [-0.2, -0.15) is 0 Å². The van der Waals surface area contributed by atoms with Gasteiger partial charge in [0, 0.05) is 18.6 Å². The maximum atomic E-state index is 13.8. The fourth-order valence-electron chi connectivity index (χ4n) is 4.56. The molecule has 7 heteroatoms. The lowest BCUT2D eigenvalue weighted by molar-refractivity contribution is -0.154. The number of esters is 2. The van der Waals surface area contributed by atoms with E-state index in [-0.39, 0.29) is 24.2 Å². The van der Waals surface area contributed by atoms with E-state index in [1.807, 2.05) is 62.9 Å². The normalized spacial score (nSPS) is 13.4. The van der Waals surface area contributed by atoms with Crippen LogP contribution in [0.2, 0.25) is 0 Å². The minimum absolute atomic E-state index is 0.00995. The van der Waals surface area contributed by atoms with E-state index in [0.29, 0.717) is 25.2 Å². The van der Waals surface area contributed by atoms with Crippen molar-refractivity contribution in [3.05, 3.63) is 41.5 Å². The molecule has 0 bridgehead atoms. The molecule has 0 saturated heterocycles.